The summed E-state index contributed by atoms with van der Waals surface area (Å²) >= 11 is 3.62. The first-order valence-electron chi connectivity index (χ1n) is 7.45. The molecule has 1 aromatic heterocycles. The predicted molar refractivity (Wildman–Crippen MR) is 92.8 cm³/mol. The second-order valence-corrected chi connectivity index (χ2v) is 5.98. The summed E-state index contributed by atoms with van der Waals surface area (Å²) < 4.78 is 0.979. The van der Waals surface area contributed by atoms with Crippen LogP contribution in [0.3, 0.4) is 0 Å². The van der Waals surface area contributed by atoms with Crippen molar-refractivity contribution in [3.05, 3.63) is 39.5 Å². The van der Waals surface area contributed by atoms with Crippen molar-refractivity contribution in [3.63, 3.8) is 0 Å². The Kier molecular flexibility index (Phi) is 5.34. The van der Waals surface area contributed by atoms with E-state index in [0.29, 0.717) is 0 Å². The molecule has 0 bridgehead atoms. The van der Waals surface area contributed by atoms with Crippen molar-refractivity contribution in [1.29, 1.82) is 0 Å². The van der Waals surface area contributed by atoms with Gasteiger partial charge in [0.05, 0.1) is 10.2 Å². The normalized spacial score (nSPS) is 10.7. The molecule has 0 unspecified atom stereocenters. The molecule has 0 spiro atoms. The Morgan fingerprint density at radius 2 is 1.90 bits per heavy atom. The first kappa shape index (κ1) is 16.0. The molecule has 3 nitrogen and oxygen atoms in total. The highest BCUT2D eigenvalue weighted by Crippen LogP contribution is 2.29. The number of hydrogen-bond donors (Lipinski definition) is 1. The third-order valence-electron chi connectivity index (χ3n) is 3.64. The van der Waals surface area contributed by atoms with Gasteiger partial charge in [-0.05, 0) is 53.7 Å². The number of halogens is 1. The van der Waals surface area contributed by atoms with E-state index in [4.69, 9.17) is 9.97 Å². The van der Waals surface area contributed by atoms with Gasteiger partial charge in [0.1, 0.15) is 5.82 Å². The third kappa shape index (κ3) is 3.43. The van der Waals surface area contributed by atoms with Gasteiger partial charge in [0.25, 0.3) is 0 Å². The molecule has 0 amide bonds. The lowest BCUT2D eigenvalue weighted by Gasteiger charge is -2.14. The average molecular weight is 348 g/mol. The lowest BCUT2D eigenvalue weighted by Crippen LogP contribution is -2.07. The molecule has 0 aliphatic heterocycles. The van der Waals surface area contributed by atoms with E-state index in [-0.39, 0.29) is 0 Å². The quantitative estimate of drug-likeness (QED) is 0.834. The minimum absolute atomic E-state index is 0.801. The molecule has 4 heteroatoms. The standard InChI is InChI=1S/C17H22BrN3/c1-5-10-19-17-15(18)14(6-2)20-16(21-17)13-9-7-8-11(3)12(13)4/h7-9H,5-6,10H2,1-4H3,(H,19,20,21). The summed E-state index contributed by atoms with van der Waals surface area (Å²) in [6, 6.07) is 6.27. The SMILES string of the molecule is CCCNc1nc(-c2cccc(C)c2C)nc(CC)c1Br. The molecule has 0 aliphatic carbocycles. The van der Waals surface area contributed by atoms with Crippen LogP contribution in [0.25, 0.3) is 11.4 Å². The highest BCUT2D eigenvalue weighted by atomic mass is 79.9. The number of hydrogen-bond acceptors (Lipinski definition) is 3. The van der Waals surface area contributed by atoms with E-state index in [9.17, 15) is 0 Å². The minimum Gasteiger partial charge on any atom is -0.369 e. The first-order valence-corrected chi connectivity index (χ1v) is 8.24. The maximum Gasteiger partial charge on any atom is 0.162 e. The summed E-state index contributed by atoms with van der Waals surface area (Å²) in [5.41, 5.74) is 4.65. The van der Waals surface area contributed by atoms with Gasteiger partial charge in [0.2, 0.25) is 0 Å². The molecule has 2 rings (SSSR count). The van der Waals surface area contributed by atoms with Crippen LogP contribution in [-0.2, 0) is 6.42 Å². The zero-order valence-corrected chi connectivity index (χ0v) is 14.7. The van der Waals surface area contributed by atoms with Gasteiger partial charge < -0.3 is 5.32 Å². The van der Waals surface area contributed by atoms with Gasteiger partial charge in [0, 0.05) is 12.1 Å². The van der Waals surface area contributed by atoms with Gasteiger partial charge in [-0.3, -0.25) is 0 Å². The van der Waals surface area contributed by atoms with Crippen LogP contribution in [0.1, 0.15) is 37.1 Å². The van der Waals surface area contributed by atoms with Crippen LogP contribution < -0.4 is 5.32 Å². The van der Waals surface area contributed by atoms with Crippen molar-refractivity contribution in [1.82, 2.24) is 9.97 Å². The fraction of sp³-hybridized carbons (Fsp3) is 0.412. The van der Waals surface area contributed by atoms with Crippen molar-refractivity contribution in [3.8, 4) is 11.4 Å². The summed E-state index contributed by atoms with van der Waals surface area (Å²) in [6.07, 6.45) is 1.94. The Morgan fingerprint density at radius 1 is 1.14 bits per heavy atom. The summed E-state index contributed by atoms with van der Waals surface area (Å²) in [6.45, 7) is 9.42. The van der Waals surface area contributed by atoms with Crippen LogP contribution in [0.15, 0.2) is 22.7 Å². The maximum absolute atomic E-state index is 4.73. The number of benzene rings is 1. The van der Waals surface area contributed by atoms with E-state index < -0.39 is 0 Å². The lowest BCUT2D eigenvalue weighted by atomic mass is 10.0. The minimum atomic E-state index is 0.801. The van der Waals surface area contributed by atoms with Gasteiger partial charge in [0.15, 0.2) is 5.82 Å². The number of aryl methyl sites for hydroxylation is 2. The lowest BCUT2D eigenvalue weighted by molar-refractivity contribution is 0.943. The fourth-order valence-corrected chi connectivity index (χ4v) is 2.80. The van der Waals surface area contributed by atoms with Gasteiger partial charge in [-0.1, -0.05) is 32.0 Å². The van der Waals surface area contributed by atoms with Crippen molar-refractivity contribution >= 4 is 21.7 Å². The number of nitrogens with one attached hydrogen (secondary N) is 1. The van der Waals surface area contributed by atoms with Crippen LogP contribution in [-0.4, -0.2) is 16.5 Å². The summed E-state index contributed by atoms with van der Waals surface area (Å²) in [7, 11) is 0. The number of nitrogens with zero attached hydrogens (tertiary/aromatic N) is 2. The Morgan fingerprint density at radius 3 is 2.57 bits per heavy atom. The monoisotopic (exact) mass is 347 g/mol. The summed E-state index contributed by atoms with van der Waals surface area (Å²) in [5.74, 6) is 1.69. The van der Waals surface area contributed by atoms with Crippen molar-refractivity contribution in [2.24, 2.45) is 0 Å². The second-order valence-electron chi connectivity index (χ2n) is 5.18. The molecule has 1 aromatic carbocycles. The van der Waals surface area contributed by atoms with E-state index in [0.717, 1.165) is 46.8 Å². The van der Waals surface area contributed by atoms with Gasteiger partial charge in [-0.15, -0.1) is 0 Å². The van der Waals surface area contributed by atoms with Crippen LogP contribution in [0.5, 0.6) is 0 Å². The molecule has 2 aromatic rings. The number of rotatable bonds is 5. The smallest absolute Gasteiger partial charge is 0.162 e. The maximum atomic E-state index is 4.73. The summed E-state index contributed by atoms with van der Waals surface area (Å²) in [5, 5.41) is 3.38. The second kappa shape index (κ2) is 7.03. The Balaban J connectivity index is 2.55. The zero-order valence-electron chi connectivity index (χ0n) is 13.1. The van der Waals surface area contributed by atoms with E-state index in [1.54, 1.807) is 0 Å². The Labute approximate surface area is 135 Å². The predicted octanol–water partition coefficient (Wildman–Crippen LogP) is 4.91. The van der Waals surface area contributed by atoms with E-state index in [2.05, 4.69) is 67.1 Å². The van der Waals surface area contributed by atoms with Crippen LogP contribution in [0.4, 0.5) is 5.82 Å². The Hall–Kier alpha value is -1.42. The zero-order chi connectivity index (χ0) is 15.4. The third-order valence-corrected chi connectivity index (χ3v) is 4.48. The molecule has 0 fully saturated rings. The molecule has 1 N–H and O–H groups in total. The van der Waals surface area contributed by atoms with E-state index in [1.807, 2.05) is 0 Å². The van der Waals surface area contributed by atoms with Gasteiger partial charge >= 0.3 is 0 Å². The van der Waals surface area contributed by atoms with Crippen LogP contribution >= 0.6 is 15.9 Å². The van der Waals surface area contributed by atoms with Crippen LogP contribution in [0, 0.1) is 13.8 Å². The van der Waals surface area contributed by atoms with Crippen molar-refractivity contribution in [2.75, 3.05) is 11.9 Å². The Bertz CT molecular complexity index is 638. The van der Waals surface area contributed by atoms with Gasteiger partial charge in [-0.2, -0.15) is 0 Å². The first-order chi connectivity index (χ1) is 10.1. The molecule has 112 valence electrons. The van der Waals surface area contributed by atoms with Gasteiger partial charge in [-0.25, -0.2) is 9.97 Å². The topological polar surface area (TPSA) is 37.8 Å². The highest BCUT2D eigenvalue weighted by molar-refractivity contribution is 9.10. The molecule has 0 saturated carbocycles. The van der Waals surface area contributed by atoms with E-state index >= 15 is 0 Å². The molecular weight excluding hydrogens is 326 g/mol. The molecule has 0 atom stereocenters. The highest BCUT2D eigenvalue weighted by Gasteiger charge is 2.14. The van der Waals surface area contributed by atoms with Crippen molar-refractivity contribution in [2.45, 2.75) is 40.5 Å². The fourth-order valence-electron chi connectivity index (χ4n) is 2.20. The molecule has 0 aliphatic rings. The number of anilines is 1. The molecular formula is C17H22BrN3. The van der Waals surface area contributed by atoms with Crippen LogP contribution in [0.2, 0.25) is 0 Å². The number of aromatic nitrogens is 2. The molecule has 0 saturated heterocycles. The molecule has 21 heavy (non-hydrogen) atoms. The van der Waals surface area contributed by atoms with E-state index in [1.165, 1.54) is 11.1 Å². The molecule has 1 heterocycles. The largest absolute Gasteiger partial charge is 0.369 e. The molecule has 0 radical (unpaired) electrons. The average Bonchev–Trinajstić information content (AvgIpc) is 2.49. The summed E-state index contributed by atoms with van der Waals surface area (Å²) in [4.78, 5) is 9.46. The van der Waals surface area contributed by atoms with Crippen molar-refractivity contribution < 1.29 is 0 Å².